The molecular formula is C17H17N3O3S. The van der Waals surface area contributed by atoms with Crippen molar-refractivity contribution in [2.45, 2.75) is 11.8 Å². The molecule has 3 rings (SSSR count). The second-order valence-electron chi connectivity index (χ2n) is 5.24. The summed E-state index contributed by atoms with van der Waals surface area (Å²) in [5.74, 6) is 0.648. The first-order chi connectivity index (χ1) is 11.5. The summed E-state index contributed by atoms with van der Waals surface area (Å²) in [6.45, 7) is 1.80. The summed E-state index contributed by atoms with van der Waals surface area (Å²) in [5, 5.41) is 4.14. The van der Waals surface area contributed by atoms with Crippen LogP contribution in [0.4, 0.5) is 5.69 Å². The third kappa shape index (κ3) is 3.26. The minimum absolute atomic E-state index is 0.185. The predicted octanol–water partition coefficient (Wildman–Crippen LogP) is 2.99. The molecule has 0 fully saturated rings. The number of hydrogen-bond donors (Lipinski definition) is 1. The molecule has 0 amide bonds. The van der Waals surface area contributed by atoms with E-state index in [1.165, 1.54) is 6.07 Å². The number of ether oxygens (including phenoxy) is 1. The van der Waals surface area contributed by atoms with Gasteiger partial charge in [-0.05, 0) is 55.0 Å². The summed E-state index contributed by atoms with van der Waals surface area (Å²) < 4.78 is 34.6. The standard InChI is InChI=1S/C17H17N3O3S/c1-13-11-16(7-8-17(13)23-2)24(21,22)19-14-5-3-6-15(12-14)20-10-4-9-18-20/h3-12,19H,1-2H3. The molecular weight excluding hydrogens is 326 g/mol. The first kappa shape index (κ1) is 16.1. The molecule has 0 atom stereocenters. The van der Waals surface area contributed by atoms with E-state index < -0.39 is 10.0 Å². The van der Waals surface area contributed by atoms with Gasteiger partial charge in [-0.2, -0.15) is 5.10 Å². The van der Waals surface area contributed by atoms with Crippen LogP contribution in [0.3, 0.4) is 0 Å². The highest BCUT2D eigenvalue weighted by Gasteiger charge is 2.16. The molecule has 0 aliphatic carbocycles. The molecule has 0 unspecified atom stereocenters. The fourth-order valence-corrected chi connectivity index (χ4v) is 3.50. The van der Waals surface area contributed by atoms with Gasteiger partial charge in [-0.25, -0.2) is 13.1 Å². The summed E-state index contributed by atoms with van der Waals surface area (Å²) in [5.41, 5.74) is 1.99. The fraction of sp³-hybridized carbons (Fsp3) is 0.118. The zero-order valence-corrected chi connectivity index (χ0v) is 14.1. The minimum atomic E-state index is -3.68. The molecule has 1 heterocycles. The van der Waals surface area contributed by atoms with E-state index in [9.17, 15) is 8.42 Å². The van der Waals surface area contributed by atoms with Gasteiger partial charge in [0.15, 0.2) is 0 Å². The Kier molecular flexibility index (Phi) is 4.26. The molecule has 0 saturated carbocycles. The quantitative estimate of drug-likeness (QED) is 0.773. The molecule has 24 heavy (non-hydrogen) atoms. The lowest BCUT2D eigenvalue weighted by Crippen LogP contribution is -2.13. The monoisotopic (exact) mass is 343 g/mol. The van der Waals surface area contributed by atoms with Gasteiger partial charge in [-0.15, -0.1) is 0 Å². The van der Waals surface area contributed by atoms with Crippen LogP contribution in [0.5, 0.6) is 5.75 Å². The molecule has 7 heteroatoms. The summed E-state index contributed by atoms with van der Waals surface area (Å²) in [6, 6.07) is 13.6. The van der Waals surface area contributed by atoms with E-state index in [1.54, 1.807) is 67.5 Å². The Morgan fingerprint density at radius 2 is 1.96 bits per heavy atom. The van der Waals surface area contributed by atoms with E-state index in [4.69, 9.17) is 4.74 Å². The average molecular weight is 343 g/mol. The largest absolute Gasteiger partial charge is 0.496 e. The van der Waals surface area contributed by atoms with E-state index >= 15 is 0 Å². The first-order valence-corrected chi connectivity index (χ1v) is 8.75. The molecule has 0 bridgehead atoms. The minimum Gasteiger partial charge on any atom is -0.496 e. The number of benzene rings is 2. The number of nitrogens with zero attached hydrogens (tertiary/aromatic N) is 2. The molecule has 124 valence electrons. The van der Waals surface area contributed by atoms with Gasteiger partial charge in [-0.1, -0.05) is 6.07 Å². The van der Waals surface area contributed by atoms with Crippen molar-refractivity contribution in [1.29, 1.82) is 0 Å². The number of hydrogen-bond acceptors (Lipinski definition) is 4. The zero-order chi connectivity index (χ0) is 17.2. The van der Waals surface area contributed by atoms with Crippen LogP contribution in [0, 0.1) is 6.92 Å². The smallest absolute Gasteiger partial charge is 0.261 e. The lowest BCUT2D eigenvalue weighted by molar-refractivity contribution is 0.411. The van der Waals surface area contributed by atoms with Crippen LogP contribution >= 0.6 is 0 Å². The highest BCUT2D eigenvalue weighted by Crippen LogP contribution is 2.23. The Bertz CT molecular complexity index is 951. The summed E-state index contributed by atoms with van der Waals surface area (Å²) in [6.07, 6.45) is 3.46. The van der Waals surface area contributed by atoms with E-state index in [-0.39, 0.29) is 4.90 Å². The maximum Gasteiger partial charge on any atom is 0.261 e. The van der Waals surface area contributed by atoms with Crippen molar-refractivity contribution in [3.63, 3.8) is 0 Å². The molecule has 2 aromatic carbocycles. The maximum atomic E-state index is 12.6. The summed E-state index contributed by atoms with van der Waals surface area (Å²) >= 11 is 0. The van der Waals surface area contributed by atoms with Crippen LogP contribution in [0.25, 0.3) is 5.69 Å². The summed E-state index contributed by atoms with van der Waals surface area (Å²) in [7, 11) is -2.13. The third-order valence-corrected chi connectivity index (χ3v) is 4.92. The van der Waals surface area contributed by atoms with Crippen LogP contribution < -0.4 is 9.46 Å². The van der Waals surface area contributed by atoms with Crippen LogP contribution in [0.1, 0.15) is 5.56 Å². The predicted molar refractivity (Wildman–Crippen MR) is 92.1 cm³/mol. The Labute approximate surface area is 140 Å². The van der Waals surface area contributed by atoms with E-state index in [2.05, 4.69) is 9.82 Å². The van der Waals surface area contributed by atoms with Crippen molar-refractivity contribution in [3.8, 4) is 11.4 Å². The van der Waals surface area contributed by atoms with E-state index in [0.29, 0.717) is 11.4 Å². The van der Waals surface area contributed by atoms with Crippen molar-refractivity contribution < 1.29 is 13.2 Å². The Morgan fingerprint density at radius 1 is 1.12 bits per heavy atom. The number of rotatable bonds is 5. The molecule has 0 aliphatic heterocycles. The molecule has 3 aromatic rings. The number of anilines is 1. The molecule has 0 aliphatic rings. The van der Waals surface area contributed by atoms with Gasteiger partial charge in [0.25, 0.3) is 10.0 Å². The molecule has 1 N–H and O–H groups in total. The number of aromatic nitrogens is 2. The number of methoxy groups -OCH3 is 1. The van der Waals surface area contributed by atoms with Crippen LogP contribution in [0.2, 0.25) is 0 Å². The maximum absolute atomic E-state index is 12.6. The highest BCUT2D eigenvalue weighted by molar-refractivity contribution is 7.92. The van der Waals surface area contributed by atoms with Gasteiger partial charge in [0.1, 0.15) is 5.75 Å². The van der Waals surface area contributed by atoms with Gasteiger partial charge in [0, 0.05) is 12.4 Å². The Hall–Kier alpha value is -2.80. The molecule has 6 nitrogen and oxygen atoms in total. The molecule has 0 spiro atoms. The number of sulfonamides is 1. The first-order valence-electron chi connectivity index (χ1n) is 7.27. The average Bonchev–Trinajstić information content (AvgIpc) is 3.09. The van der Waals surface area contributed by atoms with Crippen molar-refractivity contribution >= 4 is 15.7 Å². The van der Waals surface area contributed by atoms with E-state index in [0.717, 1.165) is 11.3 Å². The second-order valence-corrected chi connectivity index (χ2v) is 6.92. The third-order valence-electron chi connectivity index (χ3n) is 3.54. The second kappa shape index (κ2) is 6.37. The van der Waals surface area contributed by atoms with E-state index in [1.807, 2.05) is 6.07 Å². The molecule has 1 aromatic heterocycles. The van der Waals surface area contributed by atoms with Crippen molar-refractivity contribution in [1.82, 2.24) is 9.78 Å². The fourth-order valence-electron chi connectivity index (χ4n) is 2.37. The van der Waals surface area contributed by atoms with Crippen molar-refractivity contribution in [3.05, 3.63) is 66.5 Å². The Balaban J connectivity index is 1.90. The van der Waals surface area contributed by atoms with Crippen molar-refractivity contribution in [2.24, 2.45) is 0 Å². The summed E-state index contributed by atoms with van der Waals surface area (Å²) in [4.78, 5) is 0.185. The number of nitrogens with one attached hydrogen (secondary N) is 1. The lowest BCUT2D eigenvalue weighted by atomic mass is 10.2. The number of aryl methyl sites for hydroxylation is 1. The lowest BCUT2D eigenvalue weighted by Gasteiger charge is -2.11. The zero-order valence-electron chi connectivity index (χ0n) is 13.3. The topological polar surface area (TPSA) is 73.2 Å². The van der Waals surface area contributed by atoms with Crippen LogP contribution in [-0.2, 0) is 10.0 Å². The SMILES string of the molecule is COc1ccc(S(=O)(=O)Nc2cccc(-n3cccn3)c2)cc1C. The van der Waals surface area contributed by atoms with Crippen LogP contribution in [0.15, 0.2) is 65.8 Å². The molecule has 0 saturated heterocycles. The van der Waals surface area contributed by atoms with Crippen LogP contribution in [-0.4, -0.2) is 25.3 Å². The normalized spacial score (nSPS) is 11.2. The van der Waals surface area contributed by atoms with Gasteiger partial charge < -0.3 is 4.74 Å². The van der Waals surface area contributed by atoms with Gasteiger partial charge in [0.2, 0.25) is 0 Å². The van der Waals surface area contributed by atoms with Crippen molar-refractivity contribution in [2.75, 3.05) is 11.8 Å². The van der Waals surface area contributed by atoms with Gasteiger partial charge in [-0.3, -0.25) is 4.72 Å². The van der Waals surface area contributed by atoms with Gasteiger partial charge >= 0.3 is 0 Å². The molecule has 0 radical (unpaired) electrons. The van der Waals surface area contributed by atoms with Gasteiger partial charge in [0.05, 0.1) is 23.4 Å². The Morgan fingerprint density at radius 3 is 2.62 bits per heavy atom. The highest BCUT2D eigenvalue weighted by atomic mass is 32.2.